The van der Waals surface area contributed by atoms with Crippen LogP contribution < -0.4 is 15.6 Å². The van der Waals surface area contributed by atoms with E-state index in [1.165, 1.54) is 4.68 Å². The summed E-state index contributed by atoms with van der Waals surface area (Å²) in [6, 6.07) is 20.0. The van der Waals surface area contributed by atoms with Crippen molar-refractivity contribution < 1.29 is 9.53 Å². The Balaban J connectivity index is 1.57. The third-order valence-corrected chi connectivity index (χ3v) is 6.13. The maximum absolute atomic E-state index is 13.8. The van der Waals surface area contributed by atoms with Gasteiger partial charge in [-0.05, 0) is 44.2 Å². The van der Waals surface area contributed by atoms with Crippen LogP contribution in [-0.4, -0.2) is 37.1 Å². The van der Waals surface area contributed by atoms with Crippen LogP contribution in [0.1, 0.15) is 24.2 Å². The van der Waals surface area contributed by atoms with E-state index in [2.05, 4.69) is 10.4 Å². The average molecular weight is 483 g/mol. The van der Waals surface area contributed by atoms with Crippen molar-refractivity contribution in [2.75, 3.05) is 7.11 Å². The van der Waals surface area contributed by atoms with Crippen LogP contribution in [0.5, 0.6) is 5.75 Å². The standard InChI is InChI=1S/C27H26N6O3/c1-18-24-23(26(31-15-9-10-16-31)33(30-24)21-12-5-4-6-13-21)27(35)32(29-18)19(2)25(34)28-17-20-11-7-8-14-22(20)36-3/h4-16,19H,17H2,1-3H3,(H,28,34). The van der Waals surface area contributed by atoms with Crippen molar-refractivity contribution in [3.8, 4) is 17.3 Å². The van der Waals surface area contributed by atoms with Crippen molar-refractivity contribution in [2.24, 2.45) is 0 Å². The number of carbonyl (C=O) groups is 1. The number of rotatable bonds is 7. The minimum absolute atomic E-state index is 0.268. The first-order chi connectivity index (χ1) is 17.5. The molecular weight excluding hydrogens is 456 g/mol. The molecule has 9 heteroatoms. The summed E-state index contributed by atoms with van der Waals surface area (Å²) in [5.74, 6) is 0.946. The van der Waals surface area contributed by atoms with Crippen LogP contribution in [0.3, 0.4) is 0 Å². The molecule has 0 bridgehead atoms. The second kappa shape index (κ2) is 9.53. The lowest BCUT2D eigenvalue weighted by Crippen LogP contribution is -2.37. The summed E-state index contributed by atoms with van der Waals surface area (Å²) >= 11 is 0. The zero-order valence-corrected chi connectivity index (χ0v) is 20.3. The van der Waals surface area contributed by atoms with Gasteiger partial charge in [-0.25, -0.2) is 9.36 Å². The highest BCUT2D eigenvalue weighted by atomic mass is 16.5. The van der Waals surface area contributed by atoms with Crippen LogP contribution in [0.15, 0.2) is 83.9 Å². The van der Waals surface area contributed by atoms with E-state index >= 15 is 0 Å². The molecule has 5 aromatic rings. The summed E-state index contributed by atoms with van der Waals surface area (Å²) in [5, 5.41) is 12.5. The number of hydrogen-bond acceptors (Lipinski definition) is 5. The number of methoxy groups -OCH3 is 1. The van der Waals surface area contributed by atoms with Gasteiger partial charge in [0.2, 0.25) is 5.91 Å². The van der Waals surface area contributed by atoms with Crippen LogP contribution in [0.2, 0.25) is 0 Å². The van der Waals surface area contributed by atoms with E-state index < -0.39 is 6.04 Å². The fourth-order valence-corrected chi connectivity index (χ4v) is 4.24. The highest BCUT2D eigenvalue weighted by molar-refractivity contribution is 5.88. The molecule has 182 valence electrons. The monoisotopic (exact) mass is 482 g/mol. The number of aromatic nitrogens is 5. The first-order valence-corrected chi connectivity index (χ1v) is 11.6. The topological polar surface area (TPSA) is 96.0 Å². The van der Waals surface area contributed by atoms with E-state index in [1.807, 2.05) is 83.7 Å². The van der Waals surface area contributed by atoms with Gasteiger partial charge < -0.3 is 14.6 Å². The first-order valence-electron chi connectivity index (χ1n) is 11.6. The Hall–Kier alpha value is -4.66. The molecule has 0 radical (unpaired) electrons. The van der Waals surface area contributed by atoms with Crippen LogP contribution >= 0.6 is 0 Å². The molecule has 3 aromatic heterocycles. The maximum atomic E-state index is 13.8. The van der Waals surface area contributed by atoms with E-state index in [1.54, 1.807) is 25.6 Å². The second-order valence-electron chi connectivity index (χ2n) is 8.43. The van der Waals surface area contributed by atoms with Gasteiger partial charge in [0, 0.05) is 24.5 Å². The fourth-order valence-electron chi connectivity index (χ4n) is 4.24. The molecule has 1 atom stereocenters. The number of fused-ring (bicyclic) bond motifs is 1. The number of benzene rings is 2. The minimum atomic E-state index is -0.840. The predicted octanol–water partition coefficient (Wildman–Crippen LogP) is 3.57. The fraction of sp³-hybridized carbons (Fsp3) is 0.185. The molecular formula is C27H26N6O3. The van der Waals surface area contributed by atoms with Gasteiger partial charge in [0.05, 0.1) is 18.5 Å². The van der Waals surface area contributed by atoms with Gasteiger partial charge in [-0.3, -0.25) is 9.59 Å². The smallest absolute Gasteiger partial charge is 0.280 e. The molecule has 0 aliphatic rings. The number of para-hydroxylation sites is 2. The van der Waals surface area contributed by atoms with E-state index in [-0.39, 0.29) is 18.0 Å². The molecule has 0 saturated carbocycles. The Bertz CT molecular complexity index is 1590. The van der Waals surface area contributed by atoms with Crippen LogP contribution in [0.25, 0.3) is 22.4 Å². The first kappa shape index (κ1) is 23.1. The molecule has 0 aliphatic carbocycles. The molecule has 0 fully saturated rings. The van der Waals surface area contributed by atoms with Gasteiger partial charge in [0.15, 0.2) is 5.82 Å². The Morgan fingerprint density at radius 2 is 1.69 bits per heavy atom. The summed E-state index contributed by atoms with van der Waals surface area (Å²) in [6.07, 6.45) is 3.72. The molecule has 36 heavy (non-hydrogen) atoms. The number of aryl methyl sites for hydroxylation is 1. The Morgan fingerprint density at radius 3 is 2.42 bits per heavy atom. The highest BCUT2D eigenvalue weighted by Gasteiger charge is 2.25. The van der Waals surface area contributed by atoms with Crippen molar-refractivity contribution in [1.82, 2.24) is 29.4 Å². The van der Waals surface area contributed by atoms with Crippen molar-refractivity contribution in [3.05, 3.63) is 101 Å². The number of carbonyl (C=O) groups excluding carboxylic acids is 1. The normalized spacial score (nSPS) is 12.0. The Labute approximate surface area is 207 Å². The molecule has 0 saturated heterocycles. The summed E-state index contributed by atoms with van der Waals surface area (Å²) in [6.45, 7) is 3.72. The molecule has 1 unspecified atom stereocenters. The molecule has 0 spiro atoms. The number of hydrogen-bond donors (Lipinski definition) is 1. The lowest BCUT2D eigenvalue weighted by atomic mass is 10.2. The number of amides is 1. The van der Waals surface area contributed by atoms with E-state index in [0.717, 1.165) is 11.3 Å². The predicted molar refractivity (Wildman–Crippen MR) is 137 cm³/mol. The third kappa shape index (κ3) is 4.04. The summed E-state index contributed by atoms with van der Waals surface area (Å²) in [5.41, 5.74) is 2.31. The van der Waals surface area contributed by atoms with Gasteiger partial charge >= 0.3 is 0 Å². The van der Waals surface area contributed by atoms with Crippen molar-refractivity contribution in [3.63, 3.8) is 0 Å². The number of nitrogens with zero attached hydrogens (tertiary/aromatic N) is 5. The van der Waals surface area contributed by atoms with Crippen molar-refractivity contribution in [1.29, 1.82) is 0 Å². The van der Waals surface area contributed by atoms with Crippen LogP contribution in [0, 0.1) is 6.92 Å². The quantitative estimate of drug-likeness (QED) is 0.383. The number of ether oxygens (including phenoxy) is 1. The van der Waals surface area contributed by atoms with E-state index in [0.29, 0.717) is 28.2 Å². The van der Waals surface area contributed by atoms with Gasteiger partial charge in [-0.15, -0.1) is 0 Å². The lowest BCUT2D eigenvalue weighted by molar-refractivity contribution is -0.124. The summed E-state index contributed by atoms with van der Waals surface area (Å²) in [7, 11) is 1.59. The maximum Gasteiger partial charge on any atom is 0.280 e. The second-order valence-corrected chi connectivity index (χ2v) is 8.43. The van der Waals surface area contributed by atoms with Crippen LogP contribution in [-0.2, 0) is 11.3 Å². The molecule has 1 amide bonds. The van der Waals surface area contributed by atoms with Crippen molar-refractivity contribution >= 4 is 16.8 Å². The third-order valence-electron chi connectivity index (χ3n) is 6.13. The molecule has 2 aromatic carbocycles. The Kier molecular flexibility index (Phi) is 6.12. The lowest BCUT2D eigenvalue weighted by Gasteiger charge is -2.16. The zero-order valence-electron chi connectivity index (χ0n) is 20.3. The van der Waals surface area contributed by atoms with E-state index in [9.17, 15) is 9.59 Å². The number of nitrogens with one attached hydrogen (secondary N) is 1. The minimum Gasteiger partial charge on any atom is -0.496 e. The summed E-state index contributed by atoms with van der Waals surface area (Å²) < 4.78 is 10.2. The SMILES string of the molecule is COc1ccccc1CNC(=O)C(C)n1nc(C)c2nn(-c3ccccc3)c(-n3cccc3)c2c1=O. The van der Waals surface area contributed by atoms with Crippen molar-refractivity contribution in [2.45, 2.75) is 26.4 Å². The van der Waals surface area contributed by atoms with Gasteiger partial charge in [0.25, 0.3) is 5.56 Å². The molecule has 9 nitrogen and oxygen atoms in total. The molecule has 3 heterocycles. The van der Waals surface area contributed by atoms with Gasteiger partial charge in [-0.1, -0.05) is 36.4 Å². The van der Waals surface area contributed by atoms with Crippen LogP contribution in [0.4, 0.5) is 0 Å². The van der Waals surface area contributed by atoms with Gasteiger partial charge in [-0.2, -0.15) is 10.2 Å². The zero-order chi connectivity index (χ0) is 25.2. The largest absolute Gasteiger partial charge is 0.496 e. The Morgan fingerprint density at radius 1 is 1.00 bits per heavy atom. The van der Waals surface area contributed by atoms with E-state index in [4.69, 9.17) is 9.84 Å². The molecule has 1 N–H and O–H groups in total. The summed E-state index contributed by atoms with van der Waals surface area (Å²) in [4.78, 5) is 26.9. The van der Waals surface area contributed by atoms with Gasteiger partial charge in [0.1, 0.15) is 22.7 Å². The molecule has 5 rings (SSSR count). The average Bonchev–Trinajstić information content (AvgIpc) is 3.58. The molecule has 0 aliphatic heterocycles. The highest BCUT2D eigenvalue weighted by Crippen LogP contribution is 2.25.